The van der Waals surface area contributed by atoms with Crippen molar-refractivity contribution in [3.05, 3.63) is 34.6 Å². The lowest BCUT2D eigenvalue weighted by Gasteiger charge is -2.28. The molecule has 0 unspecified atom stereocenters. The van der Waals surface area contributed by atoms with Crippen LogP contribution in [0.5, 0.6) is 0 Å². The first-order chi connectivity index (χ1) is 9.51. The topological polar surface area (TPSA) is 40.5 Å². The summed E-state index contributed by atoms with van der Waals surface area (Å²) in [5, 5.41) is 9.62. The average molecular weight is 311 g/mol. The van der Waals surface area contributed by atoms with Crippen molar-refractivity contribution in [3.8, 4) is 0 Å². The monoisotopic (exact) mass is 311 g/mol. The number of carbonyl (C=O) groups is 1. The first-order valence-electron chi connectivity index (χ1n) is 6.04. The quantitative estimate of drug-likeness (QED) is 0.527. The zero-order valence-corrected chi connectivity index (χ0v) is 11.6. The Balaban J connectivity index is 3.36. The lowest BCUT2D eigenvalue weighted by Crippen LogP contribution is -2.43. The third-order valence-electron chi connectivity index (χ3n) is 2.67. The van der Waals surface area contributed by atoms with Gasteiger partial charge in [-0.15, -0.1) is 0 Å². The molecule has 8 heteroatoms. The van der Waals surface area contributed by atoms with Crippen LogP contribution in [0, 0.1) is 29.1 Å². The van der Waals surface area contributed by atoms with E-state index in [1.165, 1.54) is 20.8 Å². The Kier molecular flexibility index (Phi) is 4.93. The first-order valence-corrected chi connectivity index (χ1v) is 6.04. The Morgan fingerprint density at radius 1 is 1.00 bits per heavy atom. The van der Waals surface area contributed by atoms with Crippen LogP contribution in [0.3, 0.4) is 0 Å². The summed E-state index contributed by atoms with van der Waals surface area (Å²) in [6, 6.07) is 0. The van der Waals surface area contributed by atoms with E-state index < -0.39 is 46.2 Å². The third-order valence-corrected chi connectivity index (χ3v) is 2.67. The second-order valence-electron chi connectivity index (χ2n) is 5.08. The smallest absolute Gasteiger partial charge is 0.260 e. The van der Waals surface area contributed by atoms with Gasteiger partial charge < -0.3 is 10.0 Å². The molecule has 0 fully saturated rings. The highest BCUT2D eigenvalue weighted by molar-refractivity contribution is 5.95. The Bertz CT molecular complexity index is 540. The molecular weight excluding hydrogens is 297 g/mol. The molecule has 0 aliphatic carbocycles. The zero-order chi connectivity index (χ0) is 16.5. The molecule has 3 nitrogen and oxygen atoms in total. The van der Waals surface area contributed by atoms with Gasteiger partial charge in [0.15, 0.2) is 23.3 Å². The van der Waals surface area contributed by atoms with Gasteiger partial charge in [-0.25, -0.2) is 22.0 Å². The third kappa shape index (κ3) is 3.49. The molecule has 0 radical (unpaired) electrons. The molecule has 0 spiro atoms. The van der Waals surface area contributed by atoms with Crippen molar-refractivity contribution in [2.45, 2.75) is 26.4 Å². The van der Waals surface area contributed by atoms with Gasteiger partial charge in [-0.05, 0) is 20.8 Å². The minimum absolute atomic E-state index is 0.0810. The maximum atomic E-state index is 13.6. The van der Waals surface area contributed by atoms with Crippen LogP contribution in [0.25, 0.3) is 0 Å². The van der Waals surface area contributed by atoms with Crippen molar-refractivity contribution in [1.82, 2.24) is 4.90 Å². The highest BCUT2D eigenvalue weighted by Gasteiger charge is 2.33. The molecule has 1 aromatic carbocycles. The molecular formula is C13H14F5NO2. The number of hydrogen-bond acceptors (Lipinski definition) is 2. The van der Waals surface area contributed by atoms with Crippen molar-refractivity contribution < 1.29 is 31.9 Å². The second-order valence-corrected chi connectivity index (χ2v) is 5.08. The fourth-order valence-electron chi connectivity index (χ4n) is 1.75. The van der Waals surface area contributed by atoms with Gasteiger partial charge in [-0.3, -0.25) is 4.79 Å². The Morgan fingerprint density at radius 2 is 1.38 bits per heavy atom. The zero-order valence-electron chi connectivity index (χ0n) is 11.6. The fraction of sp³-hybridized carbons (Fsp3) is 0.462. The van der Waals surface area contributed by atoms with Crippen LogP contribution in [-0.2, 0) is 0 Å². The highest BCUT2D eigenvalue weighted by Crippen LogP contribution is 2.24. The van der Waals surface area contributed by atoms with E-state index in [1.807, 2.05) is 0 Å². The number of amides is 1. The van der Waals surface area contributed by atoms with Crippen LogP contribution in [0.2, 0.25) is 0 Å². The second kappa shape index (κ2) is 5.97. The maximum absolute atomic E-state index is 13.6. The molecule has 0 saturated carbocycles. The lowest BCUT2D eigenvalue weighted by molar-refractivity contribution is 0.0308. The molecule has 0 atom stereocenters. The minimum Gasteiger partial charge on any atom is -0.389 e. The summed E-state index contributed by atoms with van der Waals surface area (Å²) in [6.45, 7) is 3.70. The number of rotatable bonds is 4. The van der Waals surface area contributed by atoms with Crippen LogP contribution in [0.1, 0.15) is 31.1 Å². The first kappa shape index (κ1) is 17.4. The van der Waals surface area contributed by atoms with Gasteiger partial charge in [0.1, 0.15) is 5.56 Å². The van der Waals surface area contributed by atoms with Gasteiger partial charge >= 0.3 is 0 Å². The summed E-state index contributed by atoms with van der Waals surface area (Å²) < 4.78 is 66.2. The number of halogens is 5. The van der Waals surface area contributed by atoms with Gasteiger partial charge in [0.2, 0.25) is 5.82 Å². The van der Waals surface area contributed by atoms with Crippen molar-refractivity contribution in [3.63, 3.8) is 0 Å². The summed E-state index contributed by atoms with van der Waals surface area (Å²) >= 11 is 0. The van der Waals surface area contributed by atoms with Gasteiger partial charge in [-0.1, -0.05) is 0 Å². The summed E-state index contributed by atoms with van der Waals surface area (Å²) in [5.74, 6) is -12.5. The molecule has 0 aliphatic heterocycles. The van der Waals surface area contributed by atoms with Gasteiger partial charge in [0.25, 0.3) is 5.91 Å². The number of hydrogen-bond donors (Lipinski definition) is 1. The number of carbonyl (C=O) groups excluding carboxylic acids is 1. The van der Waals surface area contributed by atoms with Gasteiger partial charge in [0, 0.05) is 13.1 Å². The summed E-state index contributed by atoms with van der Waals surface area (Å²) in [7, 11) is 0. The largest absolute Gasteiger partial charge is 0.389 e. The van der Waals surface area contributed by atoms with Crippen LogP contribution in [0.4, 0.5) is 22.0 Å². The van der Waals surface area contributed by atoms with E-state index >= 15 is 0 Å². The molecule has 0 aliphatic rings. The molecule has 0 aromatic heterocycles. The van der Waals surface area contributed by atoms with Crippen molar-refractivity contribution >= 4 is 5.91 Å². The highest BCUT2D eigenvalue weighted by atomic mass is 19.2. The Labute approximate surface area is 118 Å². The van der Waals surface area contributed by atoms with E-state index in [0.29, 0.717) is 0 Å². The van der Waals surface area contributed by atoms with Crippen LogP contribution < -0.4 is 0 Å². The van der Waals surface area contributed by atoms with E-state index in [1.54, 1.807) is 0 Å². The van der Waals surface area contributed by atoms with Crippen LogP contribution in [-0.4, -0.2) is 34.6 Å². The SMILES string of the molecule is CCN(CC(C)(C)O)C(=O)c1c(F)c(F)c(F)c(F)c1F. The van der Waals surface area contributed by atoms with Gasteiger partial charge in [-0.2, -0.15) is 0 Å². The van der Waals surface area contributed by atoms with E-state index in [0.717, 1.165) is 4.90 Å². The molecule has 1 amide bonds. The van der Waals surface area contributed by atoms with Crippen molar-refractivity contribution in [1.29, 1.82) is 0 Å². The van der Waals surface area contributed by atoms with E-state index in [2.05, 4.69) is 0 Å². The molecule has 1 rings (SSSR count). The molecule has 118 valence electrons. The molecule has 1 aromatic rings. The van der Waals surface area contributed by atoms with Gasteiger partial charge in [0.05, 0.1) is 5.60 Å². The Morgan fingerprint density at radius 3 is 1.71 bits per heavy atom. The number of nitrogens with zero attached hydrogens (tertiary/aromatic N) is 1. The summed E-state index contributed by atoms with van der Waals surface area (Å²) in [4.78, 5) is 12.8. The maximum Gasteiger partial charge on any atom is 0.260 e. The molecule has 1 N–H and O–H groups in total. The van der Waals surface area contributed by atoms with E-state index in [4.69, 9.17) is 0 Å². The number of likely N-dealkylation sites (N-methyl/N-ethyl adjacent to an activating group) is 1. The molecule has 21 heavy (non-hydrogen) atoms. The normalized spacial score (nSPS) is 11.7. The van der Waals surface area contributed by atoms with Crippen molar-refractivity contribution in [2.75, 3.05) is 13.1 Å². The molecule has 0 bridgehead atoms. The fourth-order valence-corrected chi connectivity index (χ4v) is 1.75. The van der Waals surface area contributed by atoms with Crippen molar-refractivity contribution in [2.24, 2.45) is 0 Å². The van der Waals surface area contributed by atoms with E-state index in [9.17, 15) is 31.9 Å². The van der Waals surface area contributed by atoms with E-state index in [-0.39, 0.29) is 13.1 Å². The summed E-state index contributed by atoms with van der Waals surface area (Å²) in [6.07, 6.45) is 0. The minimum atomic E-state index is -2.33. The number of aliphatic hydroxyl groups is 1. The molecule has 0 saturated heterocycles. The molecule has 0 heterocycles. The Hall–Kier alpha value is -1.70. The number of benzene rings is 1. The summed E-state index contributed by atoms with van der Waals surface area (Å²) in [5.41, 5.74) is -2.92. The predicted molar refractivity (Wildman–Crippen MR) is 64.1 cm³/mol. The lowest BCUT2D eigenvalue weighted by atomic mass is 10.1. The van der Waals surface area contributed by atoms with Crippen LogP contribution in [0.15, 0.2) is 0 Å². The standard InChI is InChI=1S/C13H14F5NO2/c1-4-19(5-13(2,3)21)12(20)6-7(14)9(16)11(18)10(17)8(6)15/h21H,4-5H2,1-3H3. The van der Waals surface area contributed by atoms with Crippen LogP contribution >= 0.6 is 0 Å². The average Bonchev–Trinajstić information content (AvgIpc) is 2.39. The predicted octanol–water partition coefficient (Wildman–Crippen LogP) is 2.62.